The van der Waals surface area contributed by atoms with E-state index in [1.807, 2.05) is 49.3 Å². The van der Waals surface area contributed by atoms with Crippen LogP contribution in [0.3, 0.4) is 0 Å². The van der Waals surface area contributed by atoms with Crippen molar-refractivity contribution in [1.29, 1.82) is 0 Å². The fraction of sp³-hybridized carbons (Fsp3) is 0.310. The highest BCUT2D eigenvalue weighted by molar-refractivity contribution is 5.96. The fourth-order valence-electron chi connectivity index (χ4n) is 4.58. The molecule has 0 fully saturated rings. The summed E-state index contributed by atoms with van der Waals surface area (Å²) in [6, 6.07) is 16.0. The van der Waals surface area contributed by atoms with Gasteiger partial charge in [-0.25, -0.2) is 9.59 Å². The number of methoxy groups -OCH3 is 1. The van der Waals surface area contributed by atoms with Crippen molar-refractivity contribution in [2.24, 2.45) is 0 Å². The van der Waals surface area contributed by atoms with E-state index in [2.05, 4.69) is 21.2 Å². The number of amides is 1. The second kappa shape index (κ2) is 12.5. The van der Waals surface area contributed by atoms with E-state index in [9.17, 15) is 14.4 Å². The number of allylic oxidation sites excluding steroid dienone is 1. The van der Waals surface area contributed by atoms with Crippen molar-refractivity contribution < 1.29 is 19.1 Å². The number of carbonyl (C=O) groups is 2. The van der Waals surface area contributed by atoms with E-state index < -0.39 is 23.5 Å². The SMILES string of the molecule is CCOC(=O)C1=C(C)Nc2c(c(NNC(=O)c3ccc(OC)cc3)nc(=O)n2CCN(C)C)C1c1ccccc1. The molecule has 210 valence electrons. The van der Waals surface area contributed by atoms with Gasteiger partial charge in [0.1, 0.15) is 11.6 Å². The van der Waals surface area contributed by atoms with Crippen LogP contribution in [0.1, 0.15) is 41.3 Å². The lowest BCUT2D eigenvalue weighted by Crippen LogP contribution is -2.38. The first-order valence-corrected chi connectivity index (χ1v) is 12.9. The van der Waals surface area contributed by atoms with Crippen molar-refractivity contribution in [2.75, 3.05) is 45.1 Å². The lowest BCUT2D eigenvalue weighted by molar-refractivity contribution is -0.138. The molecule has 11 heteroatoms. The Morgan fingerprint density at radius 2 is 1.80 bits per heavy atom. The van der Waals surface area contributed by atoms with Crippen molar-refractivity contribution in [3.05, 3.63) is 93.0 Å². The molecular weight excluding hydrogens is 512 g/mol. The number of nitrogens with zero attached hydrogens (tertiary/aromatic N) is 3. The third-order valence-electron chi connectivity index (χ3n) is 6.55. The average molecular weight is 547 g/mol. The molecule has 0 radical (unpaired) electrons. The first-order chi connectivity index (χ1) is 19.2. The highest BCUT2D eigenvalue weighted by Crippen LogP contribution is 2.44. The molecule has 40 heavy (non-hydrogen) atoms. The summed E-state index contributed by atoms with van der Waals surface area (Å²) in [6.45, 7) is 4.67. The number of nitrogens with one attached hydrogen (secondary N) is 3. The number of hydrazine groups is 1. The minimum Gasteiger partial charge on any atom is -0.497 e. The largest absolute Gasteiger partial charge is 0.497 e. The number of anilines is 2. The molecule has 11 nitrogen and oxygen atoms in total. The van der Waals surface area contributed by atoms with Crippen LogP contribution in [0.2, 0.25) is 0 Å². The van der Waals surface area contributed by atoms with Crippen LogP contribution in [0.5, 0.6) is 5.75 Å². The molecule has 2 aromatic carbocycles. The Hall–Kier alpha value is -4.64. The number of carbonyl (C=O) groups excluding carboxylic acids is 2. The normalized spacial score (nSPS) is 14.3. The molecule has 2 heterocycles. The molecule has 0 bridgehead atoms. The zero-order valence-electron chi connectivity index (χ0n) is 23.3. The van der Waals surface area contributed by atoms with Gasteiger partial charge in [0, 0.05) is 29.9 Å². The first kappa shape index (κ1) is 28.4. The van der Waals surface area contributed by atoms with Crippen molar-refractivity contribution >= 4 is 23.5 Å². The van der Waals surface area contributed by atoms with E-state index >= 15 is 0 Å². The van der Waals surface area contributed by atoms with Gasteiger partial charge in [-0.1, -0.05) is 30.3 Å². The topological polar surface area (TPSA) is 127 Å². The van der Waals surface area contributed by atoms with Crippen LogP contribution in [-0.4, -0.2) is 60.7 Å². The quantitative estimate of drug-likeness (QED) is 0.260. The third-order valence-corrected chi connectivity index (χ3v) is 6.55. The maximum absolute atomic E-state index is 13.3. The van der Waals surface area contributed by atoms with E-state index in [4.69, 9.17) is 9.47 Å². The highest BCUT2D eigenvalue weighted by Gasteiger charge is 2.37. The minimum atomic E-state index is -0.629. The molecule has 1 amide bonds. The Bertz CT molecular complexity index is 1460. The molecule has 4 rings (SSSR count). The fourth-order valence-corrected chi connectivity index (χ4v) is 4.58. The molecule has 1 atom stereocenters. The van der Waals surface area contributed by atoms with Gasteiger partial charge in [-0.3, -0.25) is 20.2 Å². The van der Waals surface area contributed by atoms with Crippen molar-refractivity contribution in [2.45, 2.75) is 26.3 Å². The zero-order valence-corrected chi connectivity index (χ0v) is 23.3. The summed E-state index contributed by atoms with van der Waals surface area (Å²) in [5.41, 5.74) is 7.67. The molecule has 3 N–H and O–H groups in total. The van der Waals surface area contributed by atoms with Crippen LogP contribution in [0.25, 0.3) is 0 Å². The van der Waals surface area contributed by atoms with Crippen LogP contribution in [0.4, 0.5) is 11.6 Å². The van der Waals surface area contributed by atoms with Gasteiger partial charge >= 0.3 is 11.7 Å². The molecule has 1 unspecified atom stereocenters. The average Bonchev–Trinajstić information content (AvgIpc) is 2.95. The smallest absolute Gasteiger partial charge is 0.351 e. The molecule has 3 aromatic rings. The Kier molecular flexibility index (Phi) is 8.85. The lowest BCUT2D eigenvalue weighted by atomic mass is 9.82. The maximum Gasteiger partial charge on any atom is 0.351 e. The maximum atomic E-state index is 13.3. The van der Waals surface area contributed by atoms with E-state index in [0.717, 1.165) is 5.56 Å². The van der Waals surface area contributed by atoms with Gasteiger partial charge in [0.25, 0.3) is 5.91 Å². The standard InChI is InChI=1S/C29H34N6O5/c1-6-40-28(37)22-18(2)30-26-24(23(22)19-10-8-7-9-11-19)25(31-29(38)35(26)17-16-34(3)4)32-33-27(36)20-12-14-21(39-5)15-13-20/h7-15,23,30H,6,16-17H2,1-5H3,(H,33,36)(H,31,32,38). The predicted molar refractivity (Wildman–Crippen MR) is 152 cm³/mol. The minimum absolute atomic E-state index is 0.124. The molecule has 0 spiro atoms. The summed E-state index contributed by atoms with van der Waals surface area (Å²) in [4.78, 5) is 45.8. The number of hydrogen-bond donors (Lipinski definition) is 3. The number of hydrogen-bond acceptors (Lipinski definition) is 9. The number of aromatic nitrogens is 2. The van der Waals surface area contributed by atoms with E-state index in [1.54, 1.807) is 49.8 Å². The summed E-state index contributed by atoms with van der Waals surface area (Å²) >= 11 is 0. The summed E-state index contributed by atoms with van der Waals surface area (Å²) in [6.07, 6.45) is 0. The van der Waals surface area contributed by atoms with Crippen molar-refractivity contribution in [1.82, 2.24) is 19.9 Å². The number of ether oxygens (including phenoxy) is 2. The van der Waals surface area contributed by atoms with Gasteiger partial charge in [-0.15, -0.1) is 0 Å². The molecule has 0 saturated heterocycles. The third kappa shape index (κ3) is 5.99. The number of esters is 1. The molecule has 1 aliphatic rings. The number of likely N-dealkylation sites (N-methyl/N-ethyl adjacent to an activating group) is 1. The Balaban J connectivity index is 1.84. The molecule has 1 aliphatic heterocycles. The predicted octanol–water partition coefficient (Wildman–Crippen LogP) is 2.96. The van der Waals surface area contributed by atoms with Gasteiger partial charge in [0.15, 0.2) is 5.82 Å². The van der Waals surface area contributed by atoms with Crippen LogP contribution < -0.4 is 26.6 Å². The summed E-state index contributed by atoms with van der Waals surface area (Å²) in [5.74, 6) is -0.317. The number of benzene rings is 2. The Labute approximate surface area is 232 Å². The van der Waals surface area contributed by atoms with Gasteiger partial charge in [-0.2, -0.15) is 4.98 Å². The van der Waals surface area contributed by atoms with Crippen LogP contribution >= 0.6 is 0 Å². The first-order valence-electron chi connectivity index (χ1n) is 12.9. The Morgan fingerprint density at radius 1 is 1.10 bits per heavy atom. The summed E-state index contributed by atoms with van der Waals surface area (Å²) in [7, 11) is 5.38. The van der Waals surface area contributed by atoms with Crippen LogP contribution in [0, 0.1) is 0 Å². The van der Waals surface area contributed by atoms with Crippen LogP contribution in [0.15, 0.2) is 70.7 Å². The Morgan fingerprint density at radius 3 is 2.42 bits per heavy atom. The van der Waals surface area contributed by atoms with Crippen molar-refractivity contribution in [3.8, 4) is 5.75 Å². The molecular formula is C29H34N6O5. The van der Waals surface area contributed by atoms with Gasteiger partial charge in [-0.05, 0) is 57.8 Å². The molecule has 0 aliphatic carbocycles. The number of fused-ring (bicyclic) bond motifs is 1. The monoisotopic (exact) mass is 546 g/mol. The van der Waals surface area contributed by atoms with Gasteiger partial charge in [0.05, 0.1) is 25.2 Å². The van der Waals surface area contributed by atoms with Gasteiger partial charge in [0.2, 0.25) is 0 Å². The van der Waals surface area contributed by atoms with Gasteiger partial charge < -0.3 is 19.7 Å². The molecule has 1 aromatic heterocycles. The highest BCUT2D eigenvalue weighted by atomic mass is 16.5. The lowest BCUT2D eigenvalue weighted by Gasteiger charge is -2.33. The van der Waals surface area contributed by atoms with E-state index in [0.29, 0.717) is 47.1 Å². The summed E-state index contributed by atoms with van der Waals surface area (Å²) < 4.78 is 12.1. The molecule has 0 saturated carbocycles. The van der Waals surface area contributed by atoms with E-state index in [1.165, 1.54) is 0 Å². The second-order valence-electron chi connectivity index (χ2n) is 9.50. The summed E-state index contributed by atoms with van der Waals surface area (Å²) in [5, 5.41) is 3.27. The second-order valence-corrected chi connectivity index (χ2v) is 9.50. The van der Waals surface area contributed by atoms with E-state index in [-0.39, 0.29) is 12.4 Å². The number of rotatable bonds is 10. The van der Waals surface area contributed by atoms with Crippen molar-refractivity contribution in [3.63, 3.8) is 0 Å². The van der Waals surface area contributed by atoms with Crippen LogP contribution in [-0.2, 0) is 16.1 Å². The zero-order chi connectivity index (χ0) is 28.8.